The Morgan fingerprint density at radius 3 is 2.64 bits per heavy atom. The normalized spacial score (nSPS) is 11.9. The molecule has 0 unspecified atom stereocenters. The minimum atomic E-state index is -4.16. The molecule has 0 aliphatic rings. The zero-order chi connectivity index (χ0) is 18.2. The highest BCUT2D eigenvalue weighted by Crippen LogP contribution is 2.32. The minimum Gasteiger partial charge on any atom is -0.276 e. The molecule has 25 heavy (non-hydrogen) atoms. The number of hydrogen-bond acceptors (Lipinski definition) is 4. The van der Waals surface area contributed by atoms with Gasteiger partial charge in [-0.05, 0) is 37.4 Å². The standard InChI is InChI=1S/C16H15F2N3O2S2/c1-10(2)21-9-15(16(19-21)14-4-3-7-24-14)25(22,23)20-13-8-11(17)5-6-12(13)18/h3-10,20H,1-2H3. The molecular formula is C16H15F2N3O2S2. The predicted molar refractivity (Wildman–Crippen MR) is 93.1 cm³/mol. The quantitative estimate of drug-likeness (QED) is 0.716. The summed E-state index contributed by atoms with van der Waals surface area (Å²) in [7, 11) is -4.16. The molecule has 0 amide bonds. The maximum Gasteiger partial charge on any atom is 0.265 e. The van der Waals surface area contributed by atoms with Crippen LogP contribution in [0.2, 0.25) is 0 Å². The first kappa shape index (κ1) is 17.6. The van der Waals surface area contributed by atoms with Crippen molar-refractivity contribution in [2.45, 2.75) is 24.8 Å². The van der Waals surface area contributed by atoms with Gasteiger partial charge in [0.15, 0.2) is 0 Å². The van der Waals surface area contributed by atoms with Crippen LogP contribution in [-0.2, 0) is 10.0 Å². The van der Waals surface area contributed by atoms with E-state index >= 15 is 0 Å². The summed E-state index contributed by atoms with van der Waals surface area (Å²) in [5.41, 5.74) is -0.178. The molecule has 132 valence electrons. The van der Waals surface area contributed by atoms with E-state index in [0.717, 1.165) is 18.2 Å². The SMILES string of the molecule is CC(C)n1cc(S(=O)(=O)Nc2cc(F)ccc2F)c(-c2cccs2)n1. The van der Waals surface area contributed by atoms with Gasteiger partial charge in [0.05, 0.1) is 10.6 Å². The lowest BCUT2D eigenvalue weighted by Gasteiger charge is -2.08. The van der Waals surface area contributed by atoms with Gasteiger partial charge in [-0.2, -0.15) is 5.10 Å². The second kappa shape index (κ2) is 6.57. The van der Waals surface area contributed by atoms with E-state index in [1.54, 1.807) is 17.5 Å². The van der Waals surface area contributed by atoms with Crippen LogP contribution in [0.3, 0.4) is 0 Å². The Hall–Kier alpha value is -2.26. The van der Waals surface area contributed by atoms with E-state index in [9.17, 15) is 17.2 Å². The van der Waals surface area contributed by atoms with Crippen LogP contribution in [0.1, 0.15) is 19.9 Å². The van der Waals surface area contributed by atoms with E-state index in [1.165, 1.54) is 22.2 Å². The van der Waals surface area contributed by atoms with Crippen molar-refractivity contribution in [1.82, 2.24) is 9.78 Å². The molecule has 2 aromatic heterocycles. The van der Waals surface area contributed by atoms with Crippen molar-refractivity contribution in [3.63, 3.8) is 0 Å². The van der Waals surface area contributed by atoms with Crippen molar-refractivity contribution in [3.8, 4) is 10.6 Å². The largest absolute Gasteiger partial charge is 0.276 e. The van der Waals surface area contributed by atoms with E-state index in [0.29, 0.717) is 4.88 Å². The lowest BCUT2D eigenvalue weighted by Crippen LogP contribution is -2.14. The van der Waals surface area contributed by atoms with Gasteiger partial charge in [-0.25, -0.2) is 17.2 Å². The summed E-state index contributed by atoms with van der Waals surface area (Å²) in [6.45, 7) is 3.72. The molecule has 0 saturated heterocycles. The number of hydrogen-bond donors (Lipinski definition) is 1. The zero-order valence-corrected chi connectivity index (χ0v) is 15.0. The molecule has 0 saturated carbocycles. The van der Waals surface area contributed by atoms with E-state index in [2.05, 4.69) is 9.82 Å². The molecule has 5 nitrogen and oxygen atoms in total. The minimum absolute atomic E-state index is 0.0615. The number of sulfonamides is 1. The maximum atomic E-state index is 13.8. The summed E-state index contributed by atoms with van der Waals surface area (Å²) in [6, 6.07) is 6.05. The molecule has 0 bridgehead atoms. The summed E-state index contributed by atoms with van der Waals surface area (Å²) < 4.78 is 56.3. The fraction of sp³-hybridized carbons (Fsp3) is 0.188. The Balaban J connectivity index is 2.09. The van der Waals surface area contributed by atoms with Crippen LogP contribution in [0.5, 0.6) is 0 Å². The summed E-state index contributed by atoms with van der Waals surface area (Å²) in [5.74, 6) is -1.60. The molecule has 9 heteroatoms. The predicted octanol–water partition coefficient (Wildman–Crippen LogP) is 4.27. The molecule has 0 fully saturated rings. The van der Waals surface area contributed by atoms with Gasteiger partial charge in [-0.3, -0.25) is 9.40 Å². The molecule has 3 aromatic rings. The summed E-state index contributed by atoms with van der Waals surface area (Å²) >= 11 is 1.34. The molecule has 0 aliphatic heterocycles. The van der Waals surface area contributed by atoms with Crippen molar-refractivity contribution < 1.29 is 17.2 Å². The third-order valence-corrected chi connectivity index (χ3v) is 5.69. The molecule has 0 atom stereocenters. The van der Waals surface area contributed by atoms with Crippen LogP contribution in [0.4, 0.5) is 14.5 Å². The van der Waals surface area contributed by atoms with Crippen molar-refractivity contribution in [2.75, 3.05) is 4.72 Å². The first-order valence-electron chi connectivity index (χ1n) is 7.39. The van der Waals surface area contributed by atoms with Crippen LogP contribution >= 0.6 is 11.3 Å². The second-order valence-electron chi connectivity index (χ2n) is 5.62. The molecule has 1 N–H and O–H groups in total. The van der Waals surface area contributed by atoms with Crippen LogP contribution in [0.15, 0.2) is 46.8 Å². The van der Waals surface area contributed by atoms with E-state index in [1.807, 2.05) is 13.8 Å². The molecule has 2 heterocycles. The van der Waals surface area contributed by atoms with Gasteiger partial charge in [0.2, 0.25) is 0 Å². The highest BCUT2D eigenvalue weighted by atomic mass is 32.2. The lowest BCUT2D eigenvalue weighted by molar-refractivity contribution is 0.532. The number of benzene rings is 1. The van der Waals surface area contributed by atoms with Gasteiger partial charge < -0.3 is 0 Å². The van der Waals surface area contributed by atoms with Crippen molar-refractivity contribution in [2.24, 2.45) is 0 Å². The third-order valence-electron chi connectivity index (χ3n) is 3.44. The van der Waals surface area contributed by atoms with E-state index < -0.39 is 27.3 Å². The van der Waals surface area contributed by atoms with Crippen LogP contribution < -0.4 is 4.72 Å². The average molecular weight is 383 g/mol. The Labute approximate surface area is 148 Å². The lowest BCUT2D eigenvalue weighted by atomic mass is 10.3. The summed E-state index contributed by atoms with van der Waals surface area (Å²) in [4.78, 5) is 0.576. The van der Waals surface area contributed by atoms with Gasteiger partial charge >= 0.3 is 0 Å². The van der Waals surface area contributed by atoms with Gasteiger partial charge in [-0.15, -0.1) is 11.3 Å². The smallest absolute Gasteiger partial charge is 0.265 e. The Morgan fingerprint density at radius 2 is 2.00 bits per heavy atom. The van der Waals surface area contributed by atoms with Crippen molar-refractivity contribution >= 4 is 27.0 Å². The number of thiophene rings is 1. The maximum absolute atomic E-state index is 13.8. The van der Waals surface area contributed by atoms with E-state index in [4.69, 9.17) is 0 Å². The monoisotopic (exact) mass is 383 g/mol. The third kappa shape index (κ3) is 3.57. The zero-order valence-electron chi connectivity index (χ0n) is 13.4. The Morgan fingerprint density at radius 1 is 1.24 bits per heavy atom. The molecule has 3 rings (SSSR count). The molecular weight excluding hydrogens is 368 g/mol. The molecule has 0 aliphatic carbocycles. The van der Waals surface area contributed by atoms with Gasteiger partial charge in [-0.1, -0.05) is 6.07 Å². The van der Waals surface area contributed by atoms with Crippen LogP contribution in [0, 0.1) is 11.6 Å². The van der Waals surface area contributed by atoms with Gasteiger partial charge in [0.1, 0.15) is 22.2 Å². The summed E-state index contributed by atoms with van der Waals surface area (Å²) in [6.07, 6.45) is 1.39. The topological polar surface area (TPSA) is 64.0 Å². The first-order chi connectivity index (χ1) is 11.8. The number of halogens is 2. The second-order valence-corrected chi connectivity index (χ2v) is 8.22. The van der Waals surface area contributed by atoms with E-state index in [-0.39, 0.29) is 16.6 Å². The highest BCUT2D eigenvalue weighted by molar-refractivity contribution is 7.92. The number of nitrogens with one attached hydrogen (secondary N) is 1. The fourth-order valence-electron chi connectivity index (χ4n) is 2.20. The van der Waals surface area contributed by atoms with Crippen LogP contribution in [-0.4, -0.2) is 18.2 Å². The Bertz CT molecular complexity index is 997. The van der Waals surface area contributed by atoms with Gasteiger partial charge in [0, 0.05) is 18.3 Å². The molecule has 1 aromatic carbocycles. The number of anilines is 1. The average Bonchev–Trinajstić information content (AvgIpc) is 3.19. The van der Waals surface area contributed by atoms with Crippen molar-refractivity contribution in [1.29, 1.82) is 0 Å². The number of nitrogens with zero attached hydrogens (tertiary/aromatic N) is 2. The van der Waals surface area contributed by atoms with Crippen molar-refractivity contribution in [3.05, 3.63) is 53.5 Å². The van der Waals surface area contributed by atoms with Gasteiger partial charge in [0.25, 0.3) is 10.0 Å². The van der Waals surface area contributed by atoms with Crippen LogP contribution in [0.25, 0.3) is 10.6 Å². The number of rotatable bonds is 5. The first-order valence-corrected chi connectivity index (χ1v) is 9.75. The molecule has 0 spiro atoms. The Kier molecular flexibility index (Phi) is 4.61. The fourth-order valence-corrected chi connectivity index (χ4v) is 4.19. The summed E-state index contributed by atoms with van der Waals surface area (Å²) in [5, 5.41) is 6.15. The number of aromatic nitrogens is 2. The highest BCUT2D eigenvalue weighted by Gasteiger charge is 2.26. The molecule has 0 radical (unpaired) electrons.